The van der Waals surface area contributed by atoms with E-state index in [-0.39, 0.29) is 41.5 Å². The second-order valence-electron chi connectivity index (χ2n) is 8.20. The molecule has 2 atom stereocenters. The highest BCUT2D eigenvalue weighted by Gasteiger charge is 2.41. The summed E-state index contributed by atoms with van der Waals surface area (Å²) in [7, 11) is -3.78. The summed E-state index contributed by atoms with van der Waals surface area (Å²) in [6.07, 6.45) is -0.290. The lowest BCUT2D eigenvalue weighted by Crippen LogP contribution is -2.61. The Balaban J connectivity index is 1.72. The van der Waals surface area contributed by atoms with Gasteiger partial charge in [0.25, 0.3) is 0 Å². The standard InChI is InChI=1S/C18H25FN2O4S/c1-18(2,3)8-17(22)20-9-14-11-21(12-15(10-20)25-14)26(23,24)16-6-4-5-13(19)7-16/h4-7,14-15H,8-12H2,1-3H3/t14-,15+. The van der Waals surface area contributed by atoms with Crippen LogP contribution >= 0.6 is 0 Å². The molecule has 3 rings (SSSR count). The number of rotatable bonds is 3. The third-order valence-corrected chi connectivity index (χ3v) is 6.34. The van der Waals surface area contributed by atoms with Gasteiger partial charge in [-0.1, -0.05) is 26.8 Å². The van der Waals surface area contributed by atoms with E-state index in [0.717, 1.165) is 6.07 Å². The van der Waals surface area contributed by atoms with Crippen molar-refractivity contribution in [2.75, 3.05) is 26.2 Å². The van der Waals surface area contributed by atoms with Crippen molar-refractivity contribution in [2.45, 2.75) is 44.3 Å². The molecule has 2 bridgehead atoms. The number of hydrogen-bond donors (Lipinski definition) is 0. The zero-order chi connectivity index (χ0) is 19.1. The van der Waals surface area contributed by atoms with Crippen molar-refractivity contribution in [1.82, 2.24) is 9.21 Å². The van der Waals surface area contributed by atoms with Gasteiger partial charge in [-0.05, 0) is 23.6 Å². The number of fused-ring (bicyclic) bond motifs is 2. The van der Waals surface area contributed by atoms with Crippen LogP contribution in [0, 0.1) is 11.2 Å². The second-order valence-corrected chi connectivity index (χ2v) is 10.1. The number of sulfonamides is 1. The van der Waals surface area contributed by atoms with E-state index in [1.807, 2.05) is 20.8 Å². The molecular weight excluding hydrogens is 359 g/mol. The smallest absolute Gasteiger partial charge is 0.243 e. The van der Waals surface area contributed by atoms with Gasteiger partial charge in [0, 0.05) is 32.6 Å². The number of hydrogen-bond acceptors (Lipinski definition) is 4. The molecule has 2 saturated heterocycles. The lowest BCUT2D eigenvalue weighted by Gasteiger charge is -2.45. The highest BCUT2D eigenvalue weighted by molar-refractivity contribution is 7.89. The maximum atomic E-state index is 13.4. The first kappa shape index (κ1) is 19.3. The molecule has 1 aromatic rings. The molecule has 0 saturated carbocycles. The Kier molecular flexibility index (Phi) is 5.11. The van der Waals surface area contributed by atoms with Gasteiger partial charge in [-0.3, -0.25) is 4.79 Å². The fourth-order valence-corrected chi connectivity index (χ4v) is 4.93. The number of amides is 1. The fourth-order valence-electron chi connectivity index (χ4n) is 3.40. The fraction of sp³-hybridized carbons (Fsp3) is 0.611. The molecule has 2 aliphatic rings. The Hall–Kier alpha value is -1.51. The largest absolute Gasteiger partial charge is 0.369 e. The van der Waals surface area contributed by atoms with Crippen molar-refractivity contribution >= 4 is 15.9 Å². The third kappa shape index (κ3) is 4.24. The predicted molar refractivity (Wildman–Crippen MR) is 94.5 cm³/mol. The molecule has 2 fully saturated rings. The first-order valence-electron chi connectivity index (χ1n) is 8.73. The normalized spacial score (nSPS) is 24.5. The number of carbonyl (C=O) groups excluding carboxylic acids is 1. The average molecular weight is 384 g/mol. The van der Waals surface area contributed by atoms with Crippen molar-refractivity contribution in [3.63, 3.8) is 0 Å². The minimum atomic E-state index is -3.78. The van der Waals surface area contributed by atoms with Crippen LogP contribution in [0.5, 0.6) is 0 Å². The monoisotopic (exact) mass is 384 g/mol. The summed E-state index contributed by atoms with van der Waals surface area (Å²) >= 11 is 0. The molecule has 2 aliphatic heterocycles. The average Bonchev–Trinajstić information content (AvgIpc) is 2.52. The van der Waals surface area contributed by atoms with Gasteiger partial charge < -0.3 is 9.64 Å². The summed E-state index contributed by atoms with van der Waals surface area (Å²) in [6, 6.07) is 5.02. The molecule has 0 radical (unpaired) electrons. The van der Waals surface area contributed by atoms with E-state index in [1.54, 1.807) is 4.90 Å². The van der Waals surface area contributed by atoms with Gasteiger partial charge in [-0.25, -0.2) is 12.8 Å². The maximum Gasteiger partial charge on any atom is 0.243 e. The molecule has 0 spiro atoms. The molecule has 6 nitrogen and oxygen atoms in total. The van der Waals surface area contributed by atoms with Crippen LogP contribution in [0.1, 0.15) is 27.2 Å². The molecule has 0 aromatic heterocycles. The molecule has 2 heterocycles. The highest BCUT2D eigenvalue weighted by atomic mass is 32.2. The first-order chi connectivity index (χ1) is 12.0. The van der Waals surface area contributed by atoms with Crippen molar-refractivity contribution in [1.29, 1.82) is 0 Å². The second kappa shape index (κ2) is 6.90. The van der Waals surface area contributed by atoms with E-state index < -0.39 is 15.8 Å². The lowest BCUT2D eigenvalue weighted by atomic mass is 9.91. The van der Waals surface area contributed by atoms with Crippen LogP contribution in [0.25, 0.3) is 0 Å². The van der Waals surface area contributed by atoms with Crippen molar-refractivity contribution in [2.24, 2.45) is 5.41 Å². The number of benzene rings is 1. The zero-order valence-corrected chi connectivity index (χ0v) is 16.1. The molecule has 1 aromatic carbocycles. The van der Waals surface area contributed by atoms with Crippen LogP contribution in [0.15, 0.2) is 29.2 Å². The topological polar surface area (TPSA) is 66.9 Å². The van der Waals surface area contributed by atoms with E-state index in [9.17, 15) is 17.6 Å². The Morgan fingerprint density at radius 2 is 1.81 bits per heavy atom. The van der Waals surface area contributed by atoms with Gasteiger partial charge in [-0.2, -0.15) is 4.31 Å². The van der Waals surface area contributed by atoms with E-state index in [4.69, 9.17) is 4.74 Å². The molecule has 8 heteroatoms. The molecule has 0 unspecified atom stereocenters. The molecule has 1 amide bonds. The van der Waals surface area contributed by atoms with Crippen molar-refractivity contribution in [3.05, 3.63) is 30.1 Å². The summed E-state index contributed by atoms with van der Waals surface area (Å²) in [6.45, 7) is 7.11. The van der Waals surface area contributed by atoms with Crippen LogP contribution in [-0.4, -0.2) is 61.9 Å². The number of ether oxygens (including phenoxy) is 1. The van der Waals surface area contributed by atoms with Crippen LogP contribution < -0.4 is 0 Å². The zero-order valence-electron chi connectivity index (χ0n) is 15.3. The molecular formula is C18H25FN2O4S. The quantitative estimate of drug-likeness (QED) is 0.798. The van der Waals surface area contributed by atoms with Crippen molar-refractivity contribution in [3.8, 4) is 0 Å². The van der Waals surface area contributed by atoms with Gasteiger partial charge in [0.1, 0.15) is 5.82 Å². The minimum Gasteiger partial charge on any atom is -0.369 e. The van der Waals surface area contributed by atoms with Crippen LogP contribution in [0.2, 0.25) is 0 Å². The van der Waals surface area contributed by atoms with Gasteiger partial charge in [0.2, 0.25) is 15.9 Å². The predicted octanol–water partition coefficient (Wildman–Crippen LogP) is 1.86. The van der Waals surface area contributed by atoms with Gasteiger partial charge in [0.15, 0.2) is 0 Å². The number of nitrogens with zero attached hydrogens (tertiary/aromatic N) is 2. The molecule has 0 N–H and O–H groups in total. The number of carbonyl (C=O) groups is 1. The Labute approximate surface area is 154 Å². The maximum absolute atomic E-state index is 13.4. The number of halogens is 1. The van der Waals surface area contributed by atoms with Crippen LogP contribution in [-0.2, 0) is 19.6 Å². The van der Waals surface area contributed by atoms with Gasteiger partial charge in [-0.15, -0.1) is 0 Å². The number of morpholine rings is 2. The van der Waals surface area contributed by atoms with Crippen LogP contribution in [0.3, 0.4) is 0 Å². The first-order valence-corrected chi connectivity index (χ1v) is 10.2. The SMILES string of the molecule is CC(C)(C)CC(=O)N1C[C@@H]2CN(S(=O)(=O)c3cccc(F)c3)C[C@H](C1)O2. The Morgan fingerprint density at radius 3 is 2.35 bits per heavy atom. The minimum absolute atomic E-state index is 0.0573. The highest BCUT2D eigenvalue weighted by Crippen LogP contribution is 2.27. The molecule has 144 valence electrons. The summed E-state index contributed by atoms with van der Waals surface area (Å²) < 4.78 is 46.2. The van der Waals surface area contributed by atoms with E-state index in [2.05, 4.69) is 0 Å². The summed E-state index contributed by atoms with van der Waals surface area (Å²) in [5.41, 5.74) is -0.0999. The van der Waals surface area contributed by atoms with E-state index in [1.165, 1.54) is 22.5 Å². The van der Waals surface area contributed by atoms with Gasteiger partial charge in [0.05, 0.1) is 17.1 Å². The van der Waals surface area contributed by atoms with Crippen LogP contribution in [0.4, 0.5) is 4.39 Å². The van der Waals surface area contributed by atoms with Gasteiger partial charge >= 0.3 is 0 Å². The molecule has 26 heavy (non-hydrogen) atoms. The van der Waals surface area contributed by atoms with E-state index in [0.29, 0.717) is 19.5 Å². The Morgan fingerprint density at radius 1 is 1.19 bits per heavy atom. The van der Waals surface area contributed by atoms with Crippen molar-refractivity contribution < 1.29 is 22.3 Å². The Bertz CT molecular complexity index is 777. The summed E-state index contributed by atoms with van der Waals surface area (Å²) in [4.78, 5) is 14.2. The third-order valence-electron chi connectivity index (χ3n) is 4.52. The lowest BCUT2D eigenvalue weighted by molar-refractivity contribution is -0.156. The summed E-state index contributed by atoms with van der Waals surface area (Å²) in [5.74, 6) is -0.518. The van der Waals surface area contributed by atoms with E-state index >= 15 is 0 Å². The molecule has 0 aliphatic carbocycles. The summed E-state index contributed by atoms with van der Waals surface area (Å²) in [5, 5.41) is 0.